The molecule has 5 rings (SSSR count). The normalized spacial score (nSPS) is 18.1. The predicted octanol–water partition coefficient (Wildman–Crippen LogP) is 6.87. The lowest BCUT2D eigenvalue weighted by Gasteiger charge is -2.17. The number of hydrogen-bond acceptors (Lipinski definition) is 6. The zero-order chi connectivity index (χ0) is 19.1. The second kappa shape index (κ2) is 7.52. The molecule has 0 radical (unpaired) electrons. The molecule has 0 saturated heterocycles. The molecule has 3 aliphatic rings. The maximum absolute atomic E-state index is 12.8. The number of rotatable bonds is 2. The molecule has 28 heavy (non-hydrogen) atoms. The summed E-state index contributed by atoms with van der Waals surface area (Å²) in [6.45, 7) is 0. The van der Waals surface area contributed by atoms with Crippen LogP contribution in [0.2, 0.25) is 0 Å². The smallest absolute Gasteiger partial charge is 0.194 e. The van der Waals surface area contributed by atoms with E-state index in [1.807, 2.05) is 18.2 Å². The summed E-state index contributed by atoms with van der Waals surface area (Å²) in [7, 11) is 0. The molecule has 0 bridgehead atoms. The zero-order valence-corrected chi connectivity index (χ0v) is 17.6. The van der Waals surface area contributed by atoms with Crippen LogP contribution in [0.15, 0.2) is 78.1 Å². The van der Waals surface area contributed by atoms with E-state index in [4.69, 9.17) is 0 Å². The number of thioether (sulfide) groups is 4. The van der Waals surface area contributed by atoms with Gasteiger partial charge in [-0.15, -0.1) is 0 Å². The molecule has 0 unspecified atom stereocenters. The zero-order valence-electron chi connectivity index (χ0n) is 14.4. The summed E-state index contributed by atoms with van der Waals surface area (Å²) in [6.07, 6.45) is 4.06. The highest BCUT2D eigenvalue weighted by atomic mass is 32.2. The van der Waals surface area contributed by atoms with Crippen LogP contribution in [0.3, 0.4) is 0 Å². The van der Waals surface area contributed by atoms with Gasteiger partial charge < -0.3 is 0 Å². The van der Waals surface area contributed by atoms with Gasteiger partial charge in [-0.25, -0.2) is 0 Å². The summed E-state index contributed by atoms with van der Waals surface area (Å²) in [5, 5.41) is 6.35. The van der Waals surface area contributed by atoms with Crippen LogP contribution in [0.1, 0.15) is 37.4 Å². The lowest BCUT2D eigenvalue weighted by atomic mass is 9.83. The lowest BCUT2D eigenvalue weighted by molar-refractivity contribution is 0.0979. The first-order valence-electron chi connectivity index (χ1n) is 8.48. The number of benzene rings is 2. The fourth-order valence-electron chi connectivity index (χ4n) is 3.13. The molecule has 0 amide bonds. The van der Waals surface area contributed by atoms with Gasteiger partial charge in [0.25, 0.3) is 0 Å². The lowest BCUT2D eigenvalue weighted by Crippen LogP contribution is -2.20. The van der Waals surface area contributed by atoms with E-state index in [0.717, 1.165) is 5.56 Å². The van der Waals surface area contributed by atoms with Crippen LogP contribution in [0.4, 0.5) is 0 Å². The van der Waals surface area contributed by atoms with Gasteiger partial charge in [0.15, 0.2) is 11.6 Å². The number of fused-ring (bicyclic) bond motifs is 2. The highest BCUT2D eigenvalue weighted by molar-refractivity contribution is 8.33. The Morgan fingerprint density at radius 3 is 2.11 bits per heavy atom. The molecular formula is C22H12O2S4. The summed E-state index contributed by atoms with van der Waals surface area (Å²) in [5.74, 6) is -0.164. The summed E-state index contributed by atoms with van der Waals surface area (Å²) < 4.78 is 2.63. The summed E-state index contributed by atoms with van der Waals surface area (Å²) in [5.41, 5.74) is 2.87. The standard InChI is InChI=1S/C22H12O2S4/c23-19-15-3-1-2-4-16(15)20(24)18-11-13(6-8-17(18)19)5-7-14-12-27-22(28-14)21-25-9-10-26-21/h1-12H/b7-5+. The highest BCUT2D eigenvalue weighted by Crippen LogP contribution is 2.53. The largest absolute Gasteiger partial charge is 0.289 e. The van der Waals surface area contributed by atoms with E-state index in [0.29, 0.717) is 22.3 Å². The second-order valence-corrected chi connectivity index (χ2v) is 10.5. The molecule has 0 atom stereocenters. The minimum atomic E-state index is -0.0831. The predicted molar refractivity (Wildman–Crippen MR) is 123 cm³/mol. The molecule has 2 aromatic carbocycles. The highest BCUT2D eigenvalue weighted by Gasteiger charge is 2.29. The Morgan fingerprint density at radius 1 is 0.679 bits per heavy atom. The van der Waals surface area contributed by atoms with Crippen molar-refractivity contribution in [3.05, 3.63) is 106 Å². The van der Waals surface area contributed by atoms with Gasteiger partial charge in [0.05, 0.1) is 8.47 Å². The Balaban J connectivity index is 1.40. The van der Waals surface area contributed by atoms with Gasteiger partial charge in [-0.05, 0) is 40.0 Å². The number of hydrogen-bond donors (Lipinski definition) is 0. The van der Waals surface area contributed by atoms with Crippen molar-refractivity contribution in [2.45, 2.75) is 0 Å². The Bertz CT molecular complexity index is 1140. The molecule has 2 heterocycles. The fraction of sp³-hybridized carbons (Fsp3) is 0. The first-order valence-corrected chi connectivity index (χ1v) is 11.9. The molecule has 0 N–H and O–H groups in total. The number of ketones is 2. The van der Waals surface area contributed by atoms with Gasteiger partial charge >= 0.3 is 0 Å². The van der Waals surface area contributed by atoms with Crippen LogP contribution in [0.5, 0.6) is 0 Å². The summed E-state index contributed by atoms with van der Waals surface area (Å²) >= 11 is 7.03. The maximum atomic E-state index is 12.8. The van der Waals surface area contributed by atoms with Crippen molar-refractivity contribution < 1.29 is 9.59 Å². The van der Waals surface area contributed by atoms with Crippen molar-refractivity contribution in [3.8, 4) is 0 Å². The van der Waals surface area contributed by atoms with E-state index in [-0.39, 0.29) is 11.6 Å². The Kier molecular flexibility index (Phi) is 4.88. The third-order valence-electron chi connectivity index (χ3n) is 4.45. The molecule has 0 aromatic heterocycles. The van der Waals surface area contributed by atoms with Crippen molar-refractivity contribution in [1.29, 1.82) is 0 Å². The first kappa shape index (κ1) is 18.2. The summed E-state index contributed by atoms with van der Waals surface area (Å²) in [6, 6.07) is 12.5. The molecule has 0 spiro atoms. The first-order chi connectivity index (χ1) is 13.7. The summed E-state index contributed by atoms with van der Waals surface area (Å²) in [4.78, 5) is 26.7. The van der Waals surface area contributed by atoms with E-state index in [1.165, 1.54) is 13.4 Å². The van der Waals surface area contributed by atoms with Crippen LogP contribution in [0.25, 0.3) is 6.08 Å². The second-order valence-electron chi connectivity index (χ2n) is 6.17. The van der Waals surface area contributed by atoms with Crippen molar-refractivity contribution in [1.82, 2.24) is 0 Å². The quantitative estimate of drug-likeness (QED) is 0.436. The Labute approximate surface area is 179 Å². The van der Waals surface area contributed by atoms with E-state index >= 15 is 0 Å². The van der Waals surface area contributed by atoms with Crippen LogP contribution >= 0.6 is 47.0 Å². The number of carbonyl (C=O) groups is 2. The van der Waals surface area contributed by atoms with E-state index < -0.39 is 0 Å². The van der Waals surface area contributed by atoms with Gasteiger partial charge in [-0.3, -0.25) is 9.59 Å². The average molecular weight is 437 g/mol. The van der Waals surface area contributed by atoms with Crippen LogP contribution in [0, 0.1) is 0 Å². The molecule has 0 saturated carbocycles. The average Bonchev–Trinajstić information content (AvgIpc) is 3.42. The molecule has 2 nitrogen and oxygen atoms in total. The number of carbonyl (C=O) groups excluding carboxylic acids is 2. The van der Waals surface area contributed by atoms with Gasteiger partial charge in [-0.2, -0.15) is 0 Å². The Hall–Kier alpha value is -1.86. The monoisotopic (exact) mass is 436 g/mol. The minimum Gasteiger partial charge on any atom is -0.289 e. The third kappa shape index (κ3) is 3.24. The van der Waals surface area contributed by atoms with Gasteiger partial charge in [-0.1, -0.05) is 83.5 Å². The van der Waals surface area contributed by atoms with Crippen LogP contribution in [-0.4, -0.2) is 11.6 Å². The molecule has 136 valence electrons. The van der Waals surface area contributed by atoms with Crippen molar-refractivity contribution in [3.63, 3.8) is 0 Å². The number of allylic oxidation sites excluding steroid dienone is 1. The van der Waals surface area contributed by atoms with E-state index in [2.05, 4.69) is 22.3 Å². The van der Waals surface area contributed by atoms with Gasteiger partial charge in [0.2, 0.25) is 0 Å². The molecule has 6 heteroatoms. The molecular weight excluding hydrogens is 425 g/mol. The molecule has 0 fully saturated rings. The minimum absolute atomic E-state index is 0.0809. The fourth-order valence-corrected chi connectivity index (χ4v) is 7.48. The van der Waals surface area contributed by atoms with Gasteiger partial charge in [0, 0.05) is 27.2 Å². The van der Waals surface area contributed by atoms with E-state index in [9.17, 15) is 9.59 Å². The topological polar surface area (TPSA) is 34.1 Å². The van der Waals surface area contributed by atoms with Crippen LogP contribution < -0.4 is 0 Å². The van der Waals surface area contributed by atoms with Gasteiger partial charge in [0.1, 0.15) is 0 Å². The van der Waals surface area contributed by atoms with Crippen molar-refractivity contribution in [2.24, 2.45) is 0 Å². The van der Waals surface area contributed by atoms with E-state index in [1.54, 1.807) is 77.4 Å². The SMILES string of the molecule is O=C1c2ccccc2C(=O)c2cc(/C=C/C3=CSC(=C4SC=CS4)S3)ccc21. The third-order valence-corrected chi connectivity index (χ3v) is 9.46. The van der Waals surface area contributed by atoms with Crippen LogP contribution in [-0.2, 0) is 0 Å². The molecule has 1 aliphatic carbocycles. The maximum Gasteiger partial charge on any atom is 0.194 e. The van der Waals surface area contributed by atoms with Crippen molar-refractivity contribution in [2.75, 3.05) is 0 Å². The van der Waals surface area contributed by atoms with Crippen molar-refractivity contribution >= 4 is 64.7 Å². The molecule has 2 aromatic rings. The molecule has 2 aliphatic heterocycles. The Morgan fingerprint density at radius 2 is 1.36 bits per heavy atom.